The van der Waals surface area contributed by atoms with Crippen molar-refractivity contribution in [3.8, 4) is 0 Å². The molecule has 1 spiro atoms. The fourth-order valence-corrected chi connectivity index (χ4v) is 8.84. The van der Waals surface area contributed by atoms with E-state index in [1.165, 1.54) is 29.2 Å². The van der Waals surface area contributed by atoms with Crippen molar-refractivity contribution in [1.82, 2.24) is 25.3 Å². The summed E-state index contributed by atoms with van der Waals surface area (Å²) in [4.78, 5) is 105. The zero-order chi connectivity index (χ0) is 51.6. The molecule has 1 unspecified atom stereocenters. The number of ether oxygens (including phenoxy) is 4. The van der Waals surface area contributed by atoms with Crippen LogP contribution in [0, 0.1) is 5.82 Å². The van der Waals surface area contributed by atoms with Gasteiger partial charge in [0.15, 0.2) is 0 Å². The molecule has 3 aliphatic heterocycles. The van der Waals surface area contributed by atoms with Gasteiger partial charge in [0.25, 0.3) is 17.7 Å². The molecule has 0 bridgehead atoms. The monoisotopic (exact) mass is 1010 g/mol. The van der Waals surface area contributed by atoms with Crippen LogP contribution < -0.4 is 21.3 Å². The van der Waals surface area contributed by atoms with Gasteiger partial charge in [-0.25, -0.2) is 14.1 Å². The molecule has 8 amide bonds. The topological polar surface area (TPSA) is 231 Å². The number of fused-ring (bicyclic) bond motifs is 3. The molecule has 2 saturated heterocycles. The van der Waals surface area contributed by atoms with E-state index >= 15 is 0 Å². The maximum Gasteiger partial charge on any atom is 0.418 e. The number of piperidine rings is 1. The fourth-order valence-electron chi connectivity index (χ4n) is 8.84. The van der Waals surface area contributed by atoms with Crippen LogP contribution in [0.4, 0.5) is 33.7 Å². The van der Waals surface area contributed by atoms with E-state index in [9.17, 15) is 55.9 Å². The van der Waals surface area contributed by atoms with Gasteiger partial charge in [0.2, 0.25) is 29.2 Å². The lowest BCUT2D eigenvalue weighted by atomic mass is 9.94. The molecule has 1 aliphatic carbocycles. The van der Waals surface area contributed by atoms with Gasteiger partial charge in [-0.05, 0) is 73.7 Å². The van der Waals surface area contributed by atoms with Crippen molar-refractivity contribution in [3.63, 3.8) is 0 Å². The van der Waals surface area contributed by atoms with Gasteiger partial charge in [-0.3, -0.25) is 38.5 Å². The van der Waals surface area contributed by atoms with Crippen molar-refractivity contribution < 1.29 is 74.9 Å². The molecular formula is C49H55F4N7O12. The number of rotatable bonds is 24. The molecule has 72 heavy (non-hydrogen) atoms. The zero-order valence-electron chi connectivity index (χ0n) is 39.4. The second-order valence-electron chi connectivity index (χ2n) is 17.5. The Morgan fingerprint density at radius 2 is 1.60 bits per heavy atom. The van der Waals surface area contributed by atoms with Gasteiger partial charge in [-0.2, -0.15) is 13.2 Å². The summed E-state index contributed by atoms with van der Waals surface area (Å²) in [6.07, 6.45) is -4.61. The standard InChI is InChI=1S/C49H55F4N7O12/c1-30(49(51,52)53)58(28-31-7-9-33(50)10-8-31)42(64)29-59-46(67)48(72-47(59)68)17-15-32-26-34(11-13-37(32)48)57-41(63)6-3-18-55-40(62)16-20-69-22-24-71-25-23-70-21-19-54-38-5-2-4-36-43(38)45(66)60(44(36)65)35-12-14-39(61)56-27-35/h2,4-5,7-11,13,26,30,35,54H,3,6,12,14-25,27-29H2,1H3,(H,55,62)(H,56,61)(H,57,63)/t30-,35?,48+/m0/s1. The van der Waals surface area contributed by atoms with Crippen LogP contribution in [0.1, 0.15) is 82.9 Å². The predicted molar refractivity (Wildman–Crippen MR) is 247 cm³/mol. The lowest BCUT2D eigenvalue weighted by Crippen LogP contribution is -2.51. The van der Waals surface area contributed by atoms with Gasteiger partial charge in [0.05, 0.1) is 56.8 Å². The van der Waals surface area contributed by atoms with Crippen molar-refractivity contribution in [1.29, 1.82) is 0 Å². The van der Waals surface area contributed by atoms with Gasteiger partial charge in [0, 0.05) is 68.8 Å². The number of aryl methyl sites for hydroxylation is 1. The first kappa shape index (κ1) is 52.8. The number of halogens is 4. The molecule has 4 N–H and O–H groups in total. The number of hydrogen-bond donors (Lipinski definition) is 4. The number of imide groups is 2. The van der Waals surface area contributed by atoms with Crippen LogP contribution >= 0.6 is 0 Å². The Morgan fingerprint density at radius 3 is 2.31 bits per heavy atom. The second-order valence-corrected chi connectivity index (χ2v) is 17.5. The van der Waals surface area contributed by atoms with Gasteiger partial charge in [-0.1, -0.05) is 24.3 Å². The average molecular weight is 1010 g/mol. The minimum absolute atomic E-state index is 0.00373. The minimum Gasteiger partial charge on any atom is -0.427 e. The summed E-state index contributed by atoms with van der Waals surface area (Å²) in [7, 11) is 0. The van der Waals surface area contributed by atoms with Crippen molar-refractivity contribution in [2.45, 2.75) is 82.3 Å². The van der Waals surface area contributed by atoms with Crippen LogP contribution in [-0.4, -0.2) is 146 Å². The van der Waals surface area contributed by atoms with E-state index in [0.717, 1.165) is 19.1 Å². The smallest absolute Gasteiger partial charge is 0.418 e. The van der Waals surface area contributed by atoms with Crippen molar-refractivity contribution in [2.24, 2.45) is 0 Å². The Labute approximate surface area is 411 Å². The summed E-state index contributed by atoms with van der Waals surface area (Å²) in [6.45, 7) is 1.64. The largest absolute Gasteiger partial charge is 0.427 e. The van der Waals surface area contributed by atoms with Gasteiger partial charge in [-0.15, -0.1) is 0 Å². The number of hydrogen-bond acceptors (Lipinski definition) is 13. The van der Waals surface area contributed by atoms with E-state index in [2.05, 4.69) is 21.3 Å². The summed E-state index contributed by atoms with van der Waals surface area (Å²) in [5.74, 6) is -4.17. The van der Waals surface area contributed by atoms with Gasteiger partial charge < -0.3 is 45.1 Å². The molecule has 3 heterocycles. The zero-order valence-corrected chi connectivity index (χ0v) is 39.4. The highest BCUT2D eigenvalue weighted by atomic mass is 19.4. The molecule has 7 rings (SSSR count). The number of nitrogens with zero attached hydrogens (tertiary/aromatic N) is 3. The Morgan fingerprint density at radius 1 is 0.875 bits per heavy atom. The highest BCUT2D eigenvalue weighted by Crippen LogP contribution is 2.46. The molecule has 19 nitrogen and oxygen atoms in total. The highest BCUT2D eigenvalue weighted by Gasteiger charge is 2.59. The average Bonchev–Trinajstić information content (AvgIpc) is 3.93. The molecular weight excluding hydrogens is 955 g/mol. The third kappa shape index (κ3) is 12.5. The molecule has 0 saturated carbocycles. The SMILES string of the molecule is C[C@H](N(Cc1ccc(F)cc1)C(=O)CN1C(=O)O[C@@]2(CCc3cc(NC(=O)CCCNC(=O)CCOCCOCCOCCNc4cccc5c4C(=O)N(C4CCC(=O)NC4)C5=O)ccc32)C1=O)C(F)(F)F. The van der Waals surface area contributed by atoms with E-state index in [4.69, 9.17) is 18.9 Å². The molecule has 3 atom stereocenters. The van der Waals surface area contributed by atoms with Crippen LogP contribution in [0.5, 0.6) is 0 Å². The number of carbonyl (C=O) groups is 8. The van der Waals surface area contributed by atoms with Crippen LogP contribution in [0.25, 0.3) is 0 Å². The molecule has 0 aromatic heterocycles. The van der Waals surface area contributed by atoms with Crippen molar-refractivity contribution in [3.05, 3.63) is 94.3 Å². The summed E-state index contributed by atoms with van der Waals surface area (Å²) in [5.41, 5.74) is 0.864. The maximum absolute atomic E-state index is 13.8. The first-order chi connectivity index (χ1) is 34.5. The molecule has 4 aliphatic rings. The Kier molecular flexibility index (Phi) is 17.2. The normalized spacial score (nSPS) is 18.7. The van der Waals surface area contributed by atoms with Crippen LogP contribution in [-0.2, 0) is 61.5 Å². The first-order valence-corrected chi connectivity index (χ1v) is 23.6. The van der Waals surface area contributed by atoms with E-state index in [0.29, 0.717) is 82.6 Å². The third-order valence-electron chi connectivity index (χ3n) is 12.7. The number of amides is 8. The van der Waals surface area contributed by atoms with Crippen LogP contribution in [0.15, 0.2) is 60.7 Å². The lowest BCUT2D eigenvalue weighted by Gasteiger charge is -2.31. The number of benzene rings is 3. The van der Waals surface area contributed by atoms with Gasteiger partial charge >= 0.3 is 12.3 Å². The summed E-state index contributed by atoms with van der Waals surface area (Å²) in [6, 6.07) is 11.5. The van der Waals surface area contributed by atoms with Crippen LogP contribution in [0.3, 0.4) is 0 Å². The van der Waals surface area contributed by atoms with E-state index < -0.39 is 60.7 Å². The Bertz CT molecular complexity index is 2540. The third-order valence-corrected chi connectivity index (χ3v) is 12.7. The number of alkyl halides is 3. The quantitative estimate of drug-likeness (QED) is 0.0561. The number of carbonyl (C=O) groups excluding carboxylic acids is 8. The summed E-state index contributed by atoms with van der Waals surface area (Å²) < 4.78 is 77.0. The number of anilines is 2. The minimum atomic E-state index is -4.84. The van der Waals surface area contributed by atoms with Crippen molar-refractivity contribution in [2.75, 3.05) is 76.5 Å². The van der Waals surface area contributed by atoms with E-state index in [1.54, 1.807) is 24.3 Å². The summed E-state index contributed by atoms with van der Waals surface area (Å²) in [5, 5.41) is 11.4. The molecule has 3 aromatic carbocycles. The predicted octanol–water partition coefficient (Wildman–Crippen LogP) is 4.19. The fraction of sp³-hybridized carbons (Fsp3) is 0.469. The van der Waals surface area contributed by atoms with Crippen LogP contribution in [0.2, 0.25) is 0 Å². The number of nitrogens with one attached hydrogen (secondary N) is 4. The van der Waals surface area contributed by atoms with Crippen molar-refractivity contribution >= 4 is 58.8 Å². The molecule has 3 aromatic rings. The molecule has 386 valence electrons. The molecule has 2 fully saturated rings. The Balaban J connectivity index is 0.732. The Hall–Kier alpha value is -6.98. The van der Waals surface area contributed by atoms with Gasteiger partial charge in [0.1, 0.15) is 18.4 Å². The van der Waals surface area contributed by atoms with E-state index in [-0.39, 0.29) is 100 Å². The lowest BCUT2D eigenvalue weighted by molar-refractivity contribution is -0.187. The first-order valence-electron chi connectivity index (χ1n) is 23.6. The summed E-state index contributed by atoms with van der Waals surface area (Å²) >= 11 is 0. The molecule has 0 radical (unpaired) electrons. The second kappa shape index (κ2) is 23.5. The molecule has 23 heteroatoms. The maximum atomic E-state index is 13.8. The van der Waals surface area contributed by atoms with E-state index in [1.807, 2.05) is 0 Å². The highest BCUT2D eigenvalue weighted by molar-refractivity contribution is 6.24.